The molecule has 1 aliphatic rings. The van der Waals surface area contributed by atoms with Gasteiger partial charge in [-0.25, -0.2) is 4.98 Å². The highest BCUT2D eigenvalue weighted by Gasteiger charge is 2.20. The standard InChI is InChI=1S/C25H20ClN3O4S/c1-31-19-10-6-5-9-17(19)28-25-29-24(15-7-3-2-4-8-15)22(34-25)13-23(30)27-18-12-21-20(11-16(18)26)32-14-33-21/h2-12H,13-14H2,1H3,(H,27,30)(H,28,29). The first-order valence-corrected chi connectivity index (χ1v) is 11.6. The van der Waals surface area contributed by atoms with E-state index >= 15 is 0 Å². The molecule has 0 saturated heterocycles. The normalized spacial score (nSPS) is 11.8. The Balaban J connectivity index is 1.41. The number of rotatable bonds is 7. The molecule has 0 bridgehead atoms. The van der Waals surface area contributed by atoms with E-state index in [1.807, 2.05) is 54.6 Å². The molecular formula is C25H20ClN3O4S. The quantitative estimate of drug-likeness (QED) is 0.322. The predicted octanol–water partition coefficient (Wildman–Crippen LogP) is 6.13. The second-order valence-electron chi connectivity index (χ2n) is 7.39. The molecular weight excluding hydrogens is 474 g/mol. The van der Waals surface area contributed by atoms with Gasteiger partial charge in [0.25, 0.3) is 0 Å². The molecule has 0 fully saturated rings. The van der Waals surface area contributed by atoms with Gasteiger partial charge < -0.3 is 24.8 Å². The highest BCUT2D eigenvalue weighted by Crippen LogP contribution is 2.40. The summed E-state index contributed by atoms with van der Waals surface area (Å²) in [5.74, 6) is 1.59. The fourth-order valence-corrected chi connectivity index (χ4v) is 4.76. The zero-order valence-electron chi connectivity index (χ0n) is 18.1. The van der Waals surface area contributed by atoms with E-state index in [1.54, 1.807) is 19.2 Å². The van der Waals surface area contributed by atoms with Gasteiger partial charge in [-0.15, -0.1) is 11.3 Å². The van der Waals surface area contributed by atoms with Crippen LogP contribution in [0.15, 0.2) is 66.7 Å². The van der Waals surface area contributed by atoms with E-state index in [0.717, 1.165) is 21.8 Å². The Morgan fingerprint density at radius 1 is 1.06 bits per heavy atom. The van der Waals surface area contributed by atoms with Crippen LogP contribution in [-0.4, -0.2) is 24.8 Å². The summed E-state index contributed by atoms with van der Waals surface area (Å²) in [6.07, 6.45) is 0.125. The summed E-state index contributed by atoms with van der Waals surface area (Å²) >= 11 is 7.74. The first kappa shape index (κ1) is 22.1. The molecule has 0 spiro atoms. The van der Waals surface area contributed by atoms with E-state index in [4.69, 9.17) is 30.8 Å². The molecule has 172 valence electrons. The van der Waals surface area contributed by atoms with Gasteiger partial charge in [0.2, 0.25) is 12.7 Å². The number of ether oxygens (including phenoxy) is 3. The number of nitrogens with zero attached hydrogens (tertiary/aromatic N) is 1. The average molecular weight is 494 g/mol. The topological polar surface area (TPSA) is 81.7 Å². The summed E-state index contributed by atoms with van der Waals surface area (Å²) in [5, 5.41) is 7.23. The number of benzene rings is 3. The van der Waals surface area contributed by atoms with Gasteiger partial charge in [-0.2, -0.15) is 0 Å². The van der Waals surface area contributed by atoms with E-state index in [1.165, 1.54) is 11.3 Å². The number of amides is 1. The SMILES string of the molecule is COc1ccccc1Nc1nc(-c2ccccc2)c(CC(=O)Nc2cc3c(cc2Cl)OCO3)s1. The van der Waals surface area contributed by atoms with Crippen LogP contribution < -0.4 is 24.8 Å². The van der Waals surface area contributed by atoms with Crippen LogP contribution in [0.4, 0.5) is 16.5 Å². The Labute approximate surface area is 205 Å². The Morgan fingerprint density at radius 3 is 2.59 bits per heavy atom. The molecule has 7 nitrogen and oxygen atoms in total. The minimum Gasteiger partial charge on any atom is -0.495 e. The maximum absolute atomic E-state index is 13.0. The lowest BCUT2D eigenvalue weighted by Gasteiger charge is -2.08. The number of nitrogens with one attached hydrogen (secondary N) is 2. The van der Waals surface area contributed by atoms with Crippen molar-refractivity contribution in [3.8, 4) is 28.5 Å². The lowest BCUT2D eigenvalue weighted by atomic mass is 10.1. The van der Waals surface area contributed by atoms with Crippen molar-refractivity contribution in [2.45, 2.75) is 6.42 Å². The van der Waals surface area contributed by atoms with E-state index in [9.17, 15) is 4.79 Å². The Hall–Kier alpha value is -3.75. The number of thiazole rings is 1. The highest BCUT2D eigenvalue weighted by molar-refractivity contribution is 7.16. The number of fused-ring (bicyclic) bond motifs is 1. The lowest BCUT2D eigenvalue weighted by molar-refractivity contribution is -0.115. The maximum atomic E-state index is 13.0. The Bertz CT molecular complexity index is 1340. The van der Waals surface area contributed by atoms with Crippen LogP contribution in [0.25, 0.3) is 11.3 Å². The van der Waals surface area contributed by atoms with Gasteiger partial charge in [-0.1, -0.05) is 54.1 Å². The Kier molecular flexibility index (Phi) is 6.24. The number of halogens is 1. The number of anilines is 3. The molecule has 9 heteroatoms. The van der Waals surface area contributed by atoms with Crippen LogP contribution in [-0.2, 0) is 11.2 Å². The number of carbonyl (C=O) groups excluding carboxylic acids is 1. The Morgan fingerprint density at radius 2 is 1.79 bits per heavy atom. The zero-order valence-corrected chi connectivity index (χ0v) is 19.7. The second kappa shape index (κ2) is 9.62. The van der Waals surface area contributed by atoms with E-state index in [-0.39, 0.29) is 19.1 Å². The predicted molar refractivity (Wildman–Crippen MR) is 134 cm³/mol. The van der Waals surface area contributed by atoms with Crippen molar-refractivity contribution >= 4 is 45.4 Å². The molecule has 2 N–H and O–H groups in total. The van der Waals surface area contributed by atoms with Crippen LogP contribution in [0.3, 0.4) is 0 Å². The molecule has 3 aromatic carbocycles. The zero-order chi connectivity index (χ0) is 23.5. The van der Waals surface area contributed by atoms with Crippen molar-refractivity contribution in [2.75, 3.05) is 24.5 Å². The summed E-state index contributed by atoms with van der Waals surface area (Å²) in [6, 6.07) is 20.7. The first-order valence-electron chi connectivity index (χ1n) is 10.4. The maximum Gasteiger partial charge on any atom is 0.231 e. The minimum absolute atomic E-state index is 0.125. The minimum atomic E-state index is -0.217. The van der Waals surface area contributed by atoms with Crippen LogP contribution >= 0.6 is 22.9 Å². The fraction of sp³-hybridized carbons (Fsp3) is 0.120. The molecule has 1 aliphatic heterocycles. The third-order valence-corrected chi connectivity index (χ3v) is 6.43. The number of carbonyl (C=O) groups is 1. The molecule has 0 aliphatic carbocycles. The van der Waals surface area contributed by atoms with Crippen molar-refractivity contribution in [3.63, 3.8) is 0 Å². The summed E-state index contributed by atoms with van der Waals surface area (Å²) in [5.41, 5.74) is 2.93. The third-order valence-electron chi connectivity index (χ3n) is 5.15. The molecule has 1 aromatic heterocycles. The lowest BCUT2D eigenvalue weighted by Crippen LogP contribution is -2.14. The molecule has 4 aromatic rings. The van der Waals surface area contributed by atoms with Gasteiger partial charge in [0, 0.05) is 22.6 Å². The van der Waals surface area contributed by atoms with Crippen LogP contribution in [0, 0.1) is 0 Å². The van der Waals surface area contributed by atoms with Gasteiger partial charge in [0.1, 0.15) is 5.75 Å². The number of para-hydroxylation sites is 2. The molecule has 5 rings (SSSR count). The van der Waals surface area contributed by atoms with E-state index < -0.39 is 0 Å². The molecule has 0 saturated carbocycles. The van der Waals surface area contributed by atoms with Gasteiger partial charge in [-0.05, 0) is 12.1 Å². The van der Waals surface area contributed by atoms with Crippen molar-refractivity contribution in [1.29, 1.82) is 0 Å². The smallest absolute Gasteiger partial charge is 0.231 e. The number of methoxy groups -OCH3 is 1. The van der Waals surface area contributed by atoms with Crippen molar-refractivity contribution in [1.82, 2.24) is 4.98 Å². The first-order chi connectivity index (χ1) is 16.6. The number of hydrogen-bond acceptors (Lipinski definition) is 7. The monoisotopic (exact) mass is 493 g/mol. The molecule has 0 atom stereocenters. The summed E-state index contributed by atoms with van der Waals surface area (Å²) in [4.78, 5) is 18.6. The van der Waals surface area contributed by atoms with Crippen molar-refractivity contribution < 1.29 is 19.0 Å². The van der Waals surface area contributed by atoms with Crippen molar-refractivity contribution in [3.05, 3.63) is 76.6 Å². The van der Waals surface area contributed by atoms with Gasteiger partial charge in [0.05, 0.1) is 35.6 Å². The fourth-order valence-electron chi connectivity index (χ4n) is 3.56. The van der Waals surface area contributed by atoms with Crippen molar-refractivity contribution in [2.24, 2.45) is 0 Å². The second-order valence-corrected chi connectivity index (χ2v) is 8.88. The van der Waals surface area contributed by atoms with Gasteiger partial charge in [-0.3, -0.25) is 4.79 Å². The summed E-state index contributed by atoms with van der Waals surface area (Å²) in [6.45, 7) is 0.131. The van der Waals surface area contributed by atoms with Gasteiger partial charge >= 0.3 is 0 Å². The molecule has 1 amide bonds. The largest absolute Gasteiger partial charge is 0.495 e. The molecule has 2 heterocycles. The summed E-state index contributed by atoms with van der Waals surface area (Å²) < 4.78 is 16.1. The van der Waals surface area contributed by atoms with Crippen LogP contribution in [0.1, 0.15) is 4.88 Å². The van der Waals surface area contributed by atoms with Crippen LogP contribution in [0.2, 0.25) is 5.02 Å². The molecule has 0 radical (unpaired) electrons. The van der Waals surface area contributed by atoms with E-state index in [2.05, 4.69) is 10.6 Å². The average Bonchev–Trinajstić information content (AvgIpc) is 3.46. The van der Waals surface area contributed by atoms with Gasteiger partial charge in [0.15, 0.2) is 16.6 Å². The number of hydrogen-bond donors (Lipinski definition) is 2. The van der Waals surface area contributed by atoms with E-state index in [0.29, 0.717) is 33.1 Å². The number of aromatic nitrogens is 1. The molecule has 34 heavy (non-hydrogen) atoms. The summed E-state index contributed by atoms with van der Waals surface area (Å²) in [7, 11) is 1.62. The highest BCUT2D eigenvalue weighted by atomic mass is 35.5. The third kappa shape index (κ3) is 4.64. The van der Waals surface area contributed by atoms with Crippen LogP contribution in [0.5, 0.6) is 17.2 Å². The molecule has 0 unspecified atom stereocenters.